The minimum absolute atomic E-state index is 0.0219. The second-order valence-corrected chi connectivity index (χ2v) is 6.20. The van der Waals surface area contributed by atoms with Gasteiger partial charge in [0.15, 0.2) is 5.82 Å². The van der Waals surface area contributed by atoms with Crippen molar-refractivity contribution >= 4 is 5.82 Å². The number of aromatic nitrogens is 2. The van der Waals surface area contributed by atoms with Gasteiger partial charge in [-0.15, -0.1) is 10.2 Å². The first kappa shape index (κ1) is 16.7. The molecule has 2 heterocycles. The van der Waals surface area contributed by atoms with Crippen LogP contribution in [0.2, 0.25) is 0 Å². The van der Waals surface area contributed by atoms with Gasteiger partial charge in [0, 0.05) is 25.3 Å². The van der Waals surface area contributed by atoms with Crippen LogP contribution in [0.4, 0.5) is 5.82 Å². The van der Waals surface area contributed by atoms with Crippen LogP contribution in [-0.2, 0) is 4.74 Å². The third-order valence-corrected chi connectivity index (χ3v) is 4.28. The second-order valence-electron chi connectivity index (χ2n) is 6.20. The Morgan fingerprint density at radius 3 is 2.75 bits per heavy atom. The number of nitrogens with zero attached hydrogens (tertiary/aromatic N) is 3. The number of aliphatic hydroxyl groups excluding tert-OH is 1. The number of phenolic OH excluding ortho intramolecular Hbond substituents is 1. The summed E-state index contributed by atoms with van der Waals surface area (Å²) in [6.45, 7) is 6.10. The molecule has 1 aromatic carbocycles. The van der Waals surface area contributed by atoms with E-state index in [1.807, 2.05) is 32.0 Å². The van der Waals surface area contributed by atoms with Gasteiger partial charge in [-0.3, -0.25) is 0 Å². The Hall–Kier alpha value is -2.18. The SMILES string of the molecule is Cc1cc(C)c(-c2ccc(N3CCO[C@H](CCO)C3)nn2)c(O)c1. The van der Waals surface area contributed by atoms with E-state index in [0.717, 1.165) is 29.1 Å². The number of hydrogen-bond acceptors (Lipinski definition) is 6. The van der Waals surface area contributed by atoms with Crippen molar-refractivity contribution < 1.29 is 14.9 Å². The van der Waals surface area contributed by atoms with Gasteiger partial charge in [-0.25, -0.2) is 0 Å². The largest absolute Gasteiger partial charge is 0.507 e. The van der Waals surface area contributed by atoms with E-state index in [9.17, 15) is 5.11 Å². The number of ether oxygens (including phenoxy) is 1. The van der Waals surface area contributed by atoms with Crippen LogP contribution in [-0.4, -0.2) is 52.8 Å². The number of benzene rings is 1. The Morgan fingerprint density at radius 1 is 1.25 bits per heavy atom. The van der Waals surface area contributed by atoms with Gasteiger partial charge in [0.1, 0.15) is 5.75 Å². The van der Waals surface area contributed by atoms with E-state index < -0.39 is 0 Å². The molecule has 128 valence electrons. The Labute approximate surface area is 141 Å². The van der Waals surface area contributed by atoms with Gasteiger partial charge in [-0.1, -0.05) is 6.07 Å². The lowest BCUT2D eigenvalue weighted by Gasteiger charge is -2.33. The van der Waals surface area contributed by atoms with Gasteiger partial charge in [0.05, 0.1) is 18.4 Å². The highest BCUT2D eigenvalue weighted by molar-refractivity contribution is 5.71. The molecule has 0 unspecified atom stereocenters. The van der Waals surface area contributed by atoms with E-state index in [1.165, 1.54) is 0 Å². The molecule has 1 saturated heterocycles. The van der Waals surface area contributed by atoms with E-state index in [4.69, 9.17) is 9.84 Å². The molecule has 2 N–H and O–H groups in total. The minimum Gasteiger partial charge on any atom is -0.507 e. The molecule has 0 saturated carbocycles. The van der Waals surface area contributed by atoms with Crippen LogP contribution in [0.25, 0.3) is 11.3 Å². The maximum Gasteiger partial charge on any atom is 0.151 e. The normalized spacial score (nSPS) is 18.0. The first-order valence-electron chi connectivity index (χ1n) is 8.20. The van der Waals surface area contributed by atoms with Crippen molar-refractivity contribution in [2.24, 2.45) is 0 Å². The molecule has 6 nitrogen and oxygen atoms in total. The standard InChI is InChI=1S/C18H23N3O3/c1-12-9-13(2)18(16(23)10-12)15-3-4-17(20-19-15)21-6-8-24-14(11-21)5-7-22/h3-4,9-10,14,22-23H,5-8,11H2,1-2H3/t14-/m1/s1. The summed E-state index contributed by atoms with van der Waals surface area (Å²) in [7, 11) is 0. The van der Waals surface area contributed by atoms with E-state index in [2.05, 4.69) is 15.1 Å². The Balaban J connectivity index is 1.81. The molecule has 24 heavy (non-hydrogen) atoms. The van der Waals surface area contributed by atoms with Gasteiger partial charge in [-0.05, 0) is 49.6 Å². The van der Waals surface area contributed by atoms with E-state index in [-0.39, 0.29) is 18.5 Å². The lowest BCUT2D eigenvalue weighted by Crippen LogP contribution is -2.43. The molecule has 0 spiro atoms. The van der Waals surface area contributed by atoms with Gasteiger partial charge in [0.25, 0.3) is 0 Å². The number of morpholine rings is 1. The van der Waals surface area contributed by atoms with Crippen molar-refractivity contribution in [3.63, 3.8) is 0 Å². The van der Waals surface area contributed by atoms with Crippen LogP contribution < -0.4 is 4.90 Å². The summed E-state index contributed by atoms with van der Waals surface area (Å²) in [4.78, 5) is 2.11. The van der Waals surface area contributed by atoms with Gasteiger partial charge in [-0.2, -0.15) is 0 Å². The first-order chi connectivity index (χ1) is 11.6. The lowest BCUT2D eigenvalue weighted by atomic mass is 10.0. The van der Waals surface area contributed by atoms with Gasteiger partial charge in [0.2, 0.25) is 0 Å². The van der Waals surface area contributed by atoms with Gasteiger partial charge < -0.3 is 19.8 Å². The number of aryl methyl sites for hydroxylation is 2. The fraction of sp³-hybridized carbons (Fsp3) is 0.444. The molecule has 0 bridgehead atoms. The molecule has 0 aliphatic carbocycles. The van der Waals surface area contributed by atoms with Crippen molar-refractivity contribution in [3.05, 3.63) is 35.4 Å². The number of rotatable bonds is 4. The number of aliphatic hydroxyl groups is 1. The van der Waals surface area contributed by atoms with E-state index in [1.54, 1.807) is 6.07 Å². The summed E-state index contributed by atoms with van der Waals surface area (Å²) in [6, 6.07) is 7.56. The maximum atomic E-state index is 10.2. The Kier molecular flexibility index (Phi) is 4.97. The molecule has 2 aromatic rings. The third-order valence-electron chi connectivity index (χ3n) is 4.28. The van der Waals surface area contributed by atoms with Crippen LogP contribution in [0.3, 0.4) is 0 Å². The highest BCUT2D eigenvalue weighted by atomic mass is 16.5. The summed E-state index contributed by atoms with van der Waals surface area (Å²) in [5.41, 5.74) is 3.37. The molecule has 1 aromatic heterocycles. The topological polar surface area (TPSA) is 78.7 Å². The molecule has 1 aliphatic rings. The number of aromatic hydroxyl groups is 1. The number of anilines is 1. The zero-order valence-corrected chi connectivity index (χ0v) is 14.1. The Bertz CT molecular complexity index is 678. The Morgan fingerprint density at radius 2 is 2.08 bits per heavy atom. The smallest absolute Gasteiger partial charge is 0.151 e. The molecule has 6 heteroatoms. The van der Waals surface area contributed by atoms with Crippen molar-refractivity contribution in [1.82, 2.24) is 10.2 Å². The van der Waals surface area contributed by atoms with Crippen LogP contribution in [0.5, 0.6) is 5.75 Å². The monoisotopic (exact) mass is 329 g/mol. The summed E-state index contributed by atoms with van der Waals surface area (Å²) >= 11 is 0. The van der Waals surface area contributed by atoms with Crippen LogP contribution in [0.1, 0.15) is 17.5 Å². The number of phenols is 1. The van der Waals surface area contributed by atoms with Crippen LogP contribution >= 0.6 is 0 Å². The average Bonchev–Trinajstić information content (AvgIpc) is 2.55. The van der Waals surface area contributed by atoms with Crippen molar-refractivity contribution in [2.45, 2.75) is 26.4 Å². The summed E-state index contributed by atoms with van der Waals surface area (Å²) < 4.78 is 5.62. The quantitative estimate of drug-likeness (QED) is 0.894. The van der Waals surface area contributed by atoms with E-state index in [0.29, 0.717) is 25.3 Å². The predicted octanol–water partition coefficient (Wildman–Crippen LogP) is 2.05. The number of hydrogen-bond donors (Lipinski definition) is 2. The third kappa shape index (κ3) is 3.49. The zero-order chi connectivity index (χ0) is 17.1. The lowest BCUT2D eigenvalue weighted by molar-refractivity contribution is 0.0244. The first-order valence-corrected chi connectivity index (χ1v) is 8.20. The molecule has 1 atom stereocenters. The molecule has 0 amide bonds. The van der Waals surface area contributed by atoms with E-state index >= 15 is 0 Å². The molecular weight excluding hydrogens is 306 g/mol. The van der Waals surface area contributed by atoms with Crippen molar-refractivity contribution in [3.8, 4) is 17.0 Å². The molecular formula is C18H23N3O3. The highest BCUT2D eigenvalue weighted by Gasteiger charge is 2.21. The molecule has 1 aliphatic heterocycles. The summed E-state index contributed by atoms with van der Waals surface area (Å²) in [5, 5.41) is 27.9. The minimum atomic E-state index is 0.0219. The van der Waals surface area contributed by atoms with Crippen molar-refractivity contribution in [1.29, 1.82) is 0 Å². The molecule has 1 fully saturated rings. The molecule has 0 radical (unpaired) electrons. The second kappa shape index (κ2) is 7.15. The highest BCUT2D eigenvalue weighted by Crippen LogP contribution is 2.32. The van der Waals surface area contributed by atoms with Crippen molar-refractivity contribution in [2.75, 3.05) is 31.2 Å². The fourth-order valence-corrected chi connectivity index (χ4v) is 3.15. The summed E-state index contributed by atoms with van der Waals surface area (Å²) in [5.74, 6) is 1.01. The summed E-state index contributed by atoms with van der Waals surface area (Å²) in [6.07, 6.45) is 0.645. The van der Waals surface area contributed by atoms with Gasteiger partial charge >= 0.3 is 0 Å². The maximum absolute atomic E-state index is 10.2. The van der Waals surface area contributed by atoms with Crippen LogP contribution in [0.15, 0.2) is 24.3 Å². The average molecular weight is 329 g/mol. The predicted molar refractivity (Wildman–Crippen MR) is 92.3 cm³/mol. The fourth-order valence-electron chi connectivity index (χ4n) is 3.15. The molecule has 3 rings (SSSR count). The zero-order valence-electron chi connectivity index (χ0n) is 14.1. The van der Waals surface area contributed by atoms with Crippen LogP contribution in [0, 0.1) is 13.8 Å².